The van der Waals surface area contributed by atoms with Gasteiger partial charge in [0.25, 0.3) is 0 Å². The first kappa shape index (κ1) is 12.6. The van der Waals surface area contributed by atoms with Gasteiger partial charge in [-0.15, -0.1) is 0 Å². The molecule has 2 N–H and O–H groups in total. The second-order valence-corrected chi connectivity index (χ2v) is 4.25. The lowest BCUT2D eigenvalue weighted by atomic mass is 10.1. The fraction of sp³-hybridized carbons (Fsp3) is 0.167. The minimum atomic E-state index is -0.677. The fourth-order valence-electron chi connectivity index (χ4n) is 1.57. The number of aromatic amines is 2. The van der Waals surface area contributed by atoms with E-state index in [1.54, 1.807) is 12.1 Å². The quantitative estimate of drug-likeness (QED) is 0.831. The topological polar surface area (TPSA) is 65.7 Å². The van der Waals surface area contributed by atoms with Gasteiger partial charge < -0.3 is 9.97 Å². The number of hydrogen-bond donors (Lipinski definition) is 2. The molecule has 0 aliphatic carbocycles. The summed E-state index contributed by atoms with van der Waals surface area (Å²) in [6.07, 6.45) is 2.56. The molecule has 0 aliphatic rings. The molecule has 0 radical (unpaired) electrons. The molecule has 0 atom stereocenters. The number of halogens is 2. The summed E-state index contributed by atoms with van der Waals surface area (Å²) in [5, 5.41) is 0.0717. The molecule has 1 aromatic carbocycles. The van der Waals surface area contributed by atoms with Crippen LogP contribution >= 0.6 is 11.6 Å². The van der Waals surface area contributed by atoms with E-state index in [0.717, 1.165) is 5.56 Å². The lowest BCUT2D eigenvalue weighted by molar-refractivity contribution is 0.627. The molecule has 1 aromatic heterocycles. The minimum absolute atomic E-state index is 0.0717. The van der Waals surface area contributed by atoms with Crippen molar-refractivity contribution in [2.75, 3.05) is 0 Å². The maximum atomic E-state index is 12.9. The number of nitrogens with one attached hydrogen (secondary N) is 2. The Kier molecular flexibility index (Phi) is 3.62. The molecule has 6 heteroatoms. The molecule has 4 nitrogen and oxygen atoms in total. The minimum Gasteiger partial charge on any atom is -0.323 e. The average Bonchev–Trinajstić information content (AvgIpc) is 2.35. The summed E-state index contributed by atoms with van der Waals surface area (Å²) in [6, 6.07) is 4.47. The molecular formula is C12H10ClFN2O2. The first-order valence-corrected chi connectivity index (χ1v) is 5.69. The van der Waals surface area contributed by atoms with Crippen LogP contribution < -0.4 is 11.1 Å². The number of H-pyrrole nitrogens is 2. The largest absolute Gasteiger partial charge is 0.323 e. The Labute approximate surface area is 106 Å². The predicted octanol–water partition coefficient (Wildman–Crippen LogP) is 1.64. The molecule has 0 bridgehead atoms. The predicted molar refractivity (Wildman–Crippen MR) is 66.5 cm³/mol. The first-order valence-electron chi connectivity index (χ1n) is 5.31. The van der Waals surface area contributed by atoms with E-state index in [0.29, 0.717) is 18.5 Å². The summed E-state index contributed by atoms with van der Waals surface area (Å²) in [5.74, 6) is -0.460. The molecule has 2 rings (SSSR count). The van der Waals surface area contributed by atoms with E-state index in [4.69, 9.17) is 11.6 Å². The third-order valence-corrected chi connectivity index (χ3v) is 2.81. The number of aryl methyl sites for hydroxylation is 2. The van der Waals surface area contributed by atoms with E-state index >= 15 is 0 Å². The van der Waals surface area contributed by atoms with E-state index in [1.807, 2.05) is 0 Å². The van der Waals surface area contributed by atoms with Gasteiger partial charge in [-0.05, 0) is 30.5 Å². The van der Waals surface area contributed by atoms with Crippen molar-refractivity contribution in [3.63, 3.8) is 0 Å². The van der Waals surface area contributed by atoms with Crippen LogP contribution in [0.3, 0.4) is 0 Å². The van der Waals surface area contributed by atoms with Crippen LogP contribution in [-0.2, 0) is 12.8 Å². The normalized spacial score (nSPS) is 10.6. The van der Waals surface area contributed by atoms with Crippen molar-refractivity contribution >= 4 is 11.6 Å². The van der Waals surface area contributed by atoms with Crippen LogP contribution in [0.4, 0.5) is 4.39 Å². The van der Waals surface area contributed by atoms with Gasteiger partial charge in [0.15, 0.2) is 0 Å². The highest BCUT2D eigenvalue weighted by Gasteiger charge is 2.02. The van der Waals surface area contributed by atoms with Crippen LogP contribution in [0.15, 0.2) is 34.0 Å². The van der Waals surface area contributed by atoms with Crippen LogP contribution in [0.2, 0.25) is 5.02 Å². The Morgan fingerprint density at radius 1 is 1.17 bits per heavy atom. The summed E-state index contributed by atoms with van der Waals surface area (Å²) in [5.41, 5.74) is 0.113. The van der Waals surface area contributed by atoms with Gasteiger partial charge >= 0.3 is 11.1 Å². The SMILES string of the molecule is O=c1[nH]cc(CCc2ccc(F)c(Cl)c2)[nH]c1=O. The zero-order valence-electron chi connectivity index (χ0n) is 9.30. The molecule has 1 heterocycles. The fourth-order valence-corrected chi connectivity index (χ4v) is 1.77. The van der Waals surface area contributed by atoms with Crippen LogP contribution in [0.5, 0.6) is 0 Å². The van der Waals surface area contributed by atoms with E-state index in [1.165, 1.54) is 12.3 Å². The molecule has 0 amide bonds. The maximum Gasteiger partial charge on any atom is 0.313 e. The zero-order chi connectivity index (χ0) is 13.1. The van der Waals surface area contributed by atoms with Gasteiger partial charge in [0, 0.05) is 11.9 Å². The highest BCUT2D eigenvalue weighted by Crippen LogP contribution is 2.16. The second kappa shape index (κ2) is 5.18. The van der Waals surface area contributed by atoms with Gasteiger partial charge in [-0.3, -0.25) is 9.59 Å². The van der Waals surface area contributed by atoms with Crippen molar-refractivity contribution in [2.24, 2.45) is 0 Å². The lowest BCUT2D eigenvalue weighted by Gasteiger charge is -2.03. The average molecular weight is 269 g/mol. The highest BCUT2D eigenvalue weighted by molar-refractivity contribution is 6.30. The Hall–Kier alpha value is -1.88. The molecule has 0 spiro atoms. The van der Waals surface area contributed by atoms with Crippen LogP contribution in [0.1, 0.15) is 11.3 Å². The van der Waals surface area contributed by atoms with E-state index in [-0.39, 0.29) is 5.02 Å². The maximum absolute atomic E-state index is 12.9. The van der Waals surface area contributed by atoms with Gasteiger partial charge in [-0.25, -0.2) is 4.39 Å². The number of benzene rings is 1. The standard InChI is InChI=1S/C12H10ClFN2O2/c13-9-5-7(2-4-10(9)14)1-3-8-6-15-11(17)12(18)16-8/h2,4-6H,1,3H2,(H,15,17)(H,16,18). The van der Waals surface area contributed by atoms with E-state index in [9.17, 15) is 14.0 Å². The monoisotopic (exact) mass is 268 g/mol. The third-order valence-electron chi connectivity index (χ3n) is 2.52. The van der Waals surface area contributed by atoms with Crippen molar-refractivity contribution in [3.05, 3.63) is 67.2 Å². The molecule has 0 saturated heterocycles. The summed E-state index contributed by atoms with van der Waals surface area (Å²) < 4.78 is 12.9. The zero-order valence-corrected chi connectivity index (χ0v) is 10.1. The summed E-state index contributed by atoms with van der Waals surface area (Å²) in [7, 11) is 0. The second-order valence-electron chi connectivity index (χ2n) is 3.85. The molecule has 2 aromatic rings. The Morgan fingerprint density at radius 3 is 2.61 bits per heavy atom. The Balaban J connectivity index is 2.11. The van der Waals surface area contributed by atoms with Crippen molar-refractivity contribution in [1.29, 1.82) is 0 Å². The van der Waals surface area contributed by atoms with Crippen molar-refractivity contribution in [1.82, 2.24) is 9.97 Å². The molecule has 0 unspecified atom stereocenters. The molecule has 94 valence electrons. The van der Waals surface area contributed by atoms with E-state index < -0.39 is 16.9 Å². The molecule has 0 saturated carbocycles. The molecule has 0 aliphatic heterocycles. The van der Waals surface area contributed by atoms with Gasteiger partial charge in [0.2, 0.25) is 0 Å². The van der Waals surface area contributed by atoms with Crippen molar-refractivity contribution < 1.29 is 4.39 Å². The van der Waals surface area contributed by atoms with Gasteiger partial charge in [-0.2, -0.15) is 0 Å². The highest BCUT2D eigenvalue weighted by atomic mass is 35.5. The summed E-state index contributed by atoms with van der Waals surface area (Å²) in [6.45, 7) is 0. The van der Waals surface area contributed by atoms with Gasteiger partial charge in [0.05, 0.1) is 5.02 Å². The van der Waals surface area contributed by atoms with Gasteiger partial charge in [-0.1, -0.05) is 17.7 Å². The summed E-state index contributed by atoms with van der Waals surface area (Å²) in [4.78, 5) is 26.8. The molecule has 18 heavy (non-hydrogen) atoms. The van der Waals surface area contributed by atoms with Crippen molar-refractivity contribution in [3.8, 4) is 0 Å². The number of rotatable bonds is 3. The first-order chi connectivity index (χ1) is 8.56. The summed E-state index contributed by atoms with van der Waals surface area (Å²) >= 11 is 5.66. The van der Waals surface area contributed by atoms with Crippen LogP contribution in [0, 0.1) is 5.82 Å². The number of aromatic nitrogens is 2. The lowest BCUT2D eigenvalue weighted by Crippen LogP contribution is -2.29. The van der Waals surface area contributed by atoms with Gasteiger partial charge in [0.1, 0.15) is 5.82 Å². The number of hydrogen-bond acceptors (Lipinski definition) is 2. The smallest absolute Gasteiger partial charge is 0.313 e. The third kappa shape index (κ3) is 2.87. The van der Waals surface area contributed by atoms with Crippen molar-refractivity contribution in [2.45, 2.75) is 12.8 Å². The van der Waals surface area contributed by atoms with Crippen LogP contribution in [-0.4, -0.2) is 9.97 Å². The van der Waals surface area contributed by atoms with Crippen LogP contribution in [0.25, 0.3) is 0 Å². The molecule has 0 fully saturated rings. The molecular weight excluding hydrogens is 259 g/mol. The Morgan fingerprint density at radius 2 is 1.94 bits per heavy atom. The Bertz CT molecular complexity index is 678. The van der Waals surface area contributed by atoms with E-state index in [2.05, 4.69) is 9.97 Å².